The van der Waals surface area contributed by atoms with Gasteiger partial charge in [-0.3, -0.25) is 0 Å². The number of rotatable bonds is 0. The van der Waals surface area contributed by atoms with Crippen LogP contribution in [0.15, 0.2) is 12.2 Å². The Morgan fingerprint density at radius 2 is 1.58 bits per heavy atom. The maximum absolute atomic E-state index is 4.94. The van der Waals surface area contributed by atoms with Crippen LogP contribution in [0.5, 0.6) is 0 Å². The Labute approximate surface area is 76.8 Å². The third-order valence-electron chi connectivity index (χ3n) is 1.49. The van der Waals surface area contributed by atoms with E-state index in [9.17, 15) is 0 Å². The van der Waals surface area contributed by atoms with Crippen LogP contribution in [0, 0.1) is 5.41 Å². The molecule has 0 N–H and O–H groups in total. The molecular formula is C11H22O. The molecule has 1 nitrogen and oxygen atoms in total. The molecule has 1 aliphatic rings. The summed E-state index contributed by atoms with van der Waals surface area (Å²) in [6.07, 6.45) is 6.83. The van der Waals surface area contributed by atoms with Crippen molar-refractivity contribution in [2.45, 2.75) is 40.5 Å². The van der Waals surface area contributed by atoms with Gasteiger partial charge in [-0.2, -0.15) is 0 Å². The second-order valence-electron chi connectivity index (χ2n) is 4.19. The maximum atomic E-state index is 4.94. The predicted octanol–water partition coefficient (Wildman–Crippen LogP) is 3.41. The van der Waals surface area contributed by atoms with Crippen molar-refractivity contribution in [1.29, 1.82) is 0 Å². The zero-order chi connectivity index (χ0) is 9.45. The molecule has 0 bridgehead atoms. The molecule has 0 amide bonds. The van der Waals surface area contributed by atoms with E-state index in [-0.39, 0.29) is 0 Å². The minimum atomic E-state index is 0.370. The fraction of sp³-hybridized carbons (Fsp3) is 0.818. The third-order valence-corrected chi connectivity index (χ3v) is 1.49. The highest BCUT2D eigenvalue weighted by molar-refractivity contribution is 4.88. The van der Waals surface area contributed by atoms with Crippen molar-refractivity contribution < 1.29 is 4.74 Å². The Bertz CT molecular complexity index is 108. The lowest BCUT2D eigenvalue weighted by Crippen LogP contribution is -1.97. The molecule has 1 saturated heterocycles. The molecule has 72 valence electrons. The lowest BCUT2D eigenvalue weighted by atomic mass is 9.97. The lowest BCUT2D eigenvalue weighted by molar-refractivity contribution is 0.198. The van der Waals surface area contributed by atoms with Crippen LogP contribution in [0.2, 0.25) is 0 Å². The van der Waals surface area contributed by atoms with Crippen molar-refractivity contribution >= 4 is 0 Å². The Morgan fingerprint density at radius 3 is 1.67 bits per heavy atom. The smallest absolute Gasteiger partial charge is 0.0466 e. The Morgan fingerprint density at radius 1 is 1.08 bits per heavy atom. The van der Waals surface area contributed by atoms with Crippen molar-refractivity contribution in [3.63, 3.8) is 0 Å². The molecule has 0 unspecified atom stereocenters. The summed E-state index contributed by atoms with van der Waals surface area (Å²) in [5.41, 5.74) is 0.370. The van der Waals surface area contributed by atoms with E-state index >= 15 is 0 Å². The van der Waals surface area contributed by atoms with Gasteiger partial charge in [0, 0.05) is 13.2 Å². The van der Waals surface area contributed by atoms with Gasteiger partial charge in [0.15, 0.2) is 0 Å². The van der Waals surface area contributed by atoms with Gasteiger partial charge < -0.3 is 4.74 Å². The van der Waals surface area contributed by atoms with E-state index in [0.717, 1.165) is 13.2 Å². The predicted molar refractivity (Wildman–Crippen MR) is 54.3 cm³/mol. The second-order valence-corrected chi connectivity index (χ2v) is 4.19. The lowest BCUT2D eigenvalue weighted by Gasteiger charge is -2.09. The molecule has 0 spiro atoms. The van der Waals surface area contributed by atoms with Crippen LogP contribution in [-0.2, 0) is 4.74 Å². The van der Waals surface area contributed by atoms with Crippen LogP contribution < -0.4 is 0 Å². The summed E-state index contributed by atoms with van der Waals surface area (Å²) in [6.45, 7) is 10.6. The van der Waals surface area contributed by atoms with Gasteiger partial charge in [0.1, 0.15) is 0 Å². The Hall–Kier alpha value is -0.300. The molecule has 12 heavy (non-hydrogen) atoms. The number of ether oxygens (including phenoxy) is 1. The van der Waals surface area contributed by atoms with Gasteiger partial charge in [0.2, 0.25) is 0 Å². The number of allylic oxidation sites excluding steroid dienone is 2. The SMILES string of the molecule is C1CCOC1.CC=CC(C)(C)C. The van der Waals surface area contributed by atoms with Gasteiger partial charge in [-0.25, -0.2) is 0 Å². The molecule has 1 aliphatic heterocycles. The Kier molecular flexibility index (Phi) is 6.09. The standard InChI is InChI=1S/C7H14.C4H8O/c1-5-6-7(2,3)4;1-2-4-5-3-1/h5-6H,1-4H3;1-4H2. The first-order valence-electron chi connectivity index (χ1n) is 4.78. The first-order valence-corrected chi connectivity index (χ1v) is 4.78. The van der Waals surface area contributed by atoms with Crippen molar-refractivity contribution in [3.8, 4) is 0 Å². The fourth-order valence-electron chi connectivity index (χ4n) is 1.01. The highest BCUT2D eigenvalue weighted by Crippen LogP contribution is 2.13. The minimum Gasteiger partial charge on any atom is -0.381 e. The average molecular weight is 170 g/mol. The molecule has 0 atom stereocenters. The maximum Gasteiger partial charge on any atom is 0.0466 e. The van der Waals surface area contributed by atoms with Crippen molar-refractivity contribution in [3.05, 3.63) is 12.2 Å². The van der Waals surface area contributed by atoms with Crippen molar-refractivity contribution in [2.24, 2.45) is 5.41 Å². The molecule has 0 aromatic heterocycles. The largest absolute Gasteiger partial charge is 0.381 e. The van der Waals surface area contributed by atoms with Gasteiger partial charge in [-0.1, -0.05) is 32.9 Å². The molecule has 1 fully saturated rings. The van der Waals surface area contributed by atoms with E-state index in [1.165, 1.54) is 12.8 Å². The zero-order valence-electron chi connectivity index (χ0n) is 8.89. The zero-order valence-corrected chi connectivity index (χ0v) is 8.89. The van der Waals surface area contributed by atoms with Gasteiger partial charge >= 0.3 is 0 Å². The summed E-state index contributed by atoms with van der Waals surface area (Å²) < 4.78 is 4.94. The number of hydrogen-bond acceptors (Lipinski definition) is 1. The van der Waals surface area contributed by atoms with E-state index in [4.69, 9.17) is 4.74 Å². The van der Waals surface area contributed by atoms with Crippen LogP contribution in [0.3, 0.4) is 0 Å². The van der Waals surface area contributed by atoms with Crippen LogP contribution in [0.25, 0.3) is 0 Å². The van der Waals surface area contributed by atoms with Gasteiger partial charge in [-0.15, -0.1) is 0 Å². The van der Waals surface area contributed by atoms with Crippen LogP contribution in [-0.4, -0.2) is 13.2 Å². The van der Waals surface area contributed by atoms with Gasteiger partial charge in [0.05, 0.1) is 0 Å². The normalized spacial score (nSPS) is 17.7. The summed E-state index contributed by atoms with van der Waals surface area (Å²) in [5.74, 6) is 0. The molecule has 0 aromatic carbocycles. The molecule has 0 aromatic rings. The molecule has 1 rings (SSSR count). The molecule has 1 heteroatoms. The Balaban J connectivity index is 0.000000211. The highest BCUT2D eigenvalue weighted by Gasteiger charge is 2.00. The molecule has 0 radical (unpaired) electrons. The second kappa shape index (κ2) is 6.24. The topological polar surface area (TPSA) is 9.23 Å². The van der Waals surface area contributed by atoms with E-state index < -0.39 is 0 Å². The summed E-state index contributed by atoms with van der Waals surface area (Å²) >= 11 is 0. The molecular weight excluding hydrogens is 148 g/mol. The monoisotopic (exact) mass is 170 g/mol. The minimum absolute atomic E-state index is 0.370. The summed E-state index contributed by atoms with van der Waals surface area (Å²) in [6, 6.07) is 0. The first kappa shape index (κ1) is 11.7. The van der Waals surface area contributed by atoms with E-state index in [0.29, 0.717) is 5.41 Å². The van der Waals surface area contributed by atoms with Crippen molar-refractivity contribution in [2.75, 3.05) is 13.2 Å². The first-order chi connectivity index (χ1) is 5.56. The van der Waals surface area contributed by atoms with E-state index in [1.54, 1.807) is 0 Å². The third kappa shape index (κ3) is 9.70. The molecule has 1 heterocycles. The molecule has 0 aliphatic carbocycles. The van der Waals surface area contributed by atoms with Gasteiger partial charge in [0.25, 0.3) is 0 Å². The fourth-order valence-corrected chi connectivity index (χ4v) is 1.01. The van der Waals surface area contributed by atoms with Gasteiger partial charge in [-0.05, 0) is 25.2 Å². The van der Waals surface area contributed by atoms with Crippen LogP contribution in [0.4, 0.5) is 0 Å². The molecule has 0 saturated carbocycles. The van der Waals surface area contributed by atoms with E-state index in [2.05, 4.69) is 32.9 Å². The van der Waals surface area contributed by atoms with Crippen molar-refractivity contribution in [1.82, 2.24) is 0 Å². The summed E-state index contributed by atoms with van der Waals surface area (Å²) in [4.78, 5) is 0. The summed E-state index contributed by atoms with van der Waals surface area (Å²) in [7, 11) is 0. The summed E-state index contributed by atoms with van der Waals surface area (Å²) in [5, 5.41) is 0. The number of hydrogen-bond donors (Lipinski definition) is 0. The quantitative estimate of drug-likeness (QED) is 0.506. The van der Waals surface area contributed by atoms with Crippen LogP contribution in [0.1, 0.15) is 40.5 Å². The van der Waals surface area contributed by atoms with E-state index in [1.807, 2.05) is 6.92 Å². The average Bonchev–Trinajstić information content (AvgIpc) is 2.38. The highest BCUT2D eigenvalue weighted by atomic mass is 16.5. The van der Waals surface area contributed by atoms with Crippen LogP contribution >= 0.6 is 0 Å².